The summed E-state index contributed by atoms with van der Waals surface area (Å²) >= 11 is 0. The summed E-state index contributed by atoms with van der Waals surface area (Å²) in [5.74, 6) is 0.885. The largest absolute Gasteiger partial charge is 0.493 e. The lowest BCUT2D eigenvalue weighted by atomic mass is 10.0. The maximum Gasteiger partial charge on any atom is 0.277 e. The average molecular weight is 387 g/mol. The summed E-state index contributed by atoms with van der Waals surface area (Å²) in [6.07, 6.45) is 0. The second-order valence-electron chi connectivity index (χ2n) is 7.70. The number of ether oxygens (including phenoxy) is 2. The zero-order chi connectivity index (χ0) is 20.4. The van der Waals surface area contributed by atoms with Crippen molar-refractivity contribution in [2.45, 2.75) is 13.8 Å². The summed E-state index contributed by atoms with van der Waals surface area (Å²) in [7, 11) is 5.19. The van der Waals surface area contributed by atoms with Crippen LogP contribution in [0.4, 0.5) is 0 Å². The third-order valence-corrected chi connectivity index (χ3v) is 5.18. The van der Waals surface area contributed by atoms with E-state index in [1.54, 1.807) is 26.4 Å². The lowest BCUT2D eigenvalue weighted by molar-refractivity contribution is -0.138. The van der Waals surface area contributed by atoms with Crippen LogP contribution in [0.3, 0.4) is 0 Å². The molecule has 0 spiro atoms. The van der Waals surface area contributed by atoms with Gasteiger partial charge in [0.1, 0.15) is 5.70 Å². The zero-order valence-electron chi connectivity index (χ0n) is 17.3. The third-order valence-electron chi connectivity index (χ3n) is 5.18. The SMILES string of the molecule is COc1ccc(C2=C(N3CCN(C)CC3)C(=O)N(CC(C)C)C2=O)cc1OC. The minimum absolute atomic E-state index is 0.200. The molecule has 1 aromatic rings. The van der Waals surface area contributed by atoms with Crippen molar-refractivity contribution in [3.63, 3.8) is 0 Å². The Morgan fingerprint density at radius 3 is 2.18 bits per heavy atom. The fraction of sp³-hybridized carbons (Fsp3) is 0.524. The van der Waals surface area contributed by atoms with E-state index in [4.69, 9.17) is 9.47 Å². The number of nitrogens with zero attached hydrogens (tertiary/aromatic N) is 3. The second kappa shape index (κ2) is 8.22. The van der Waals surface area contributed by atoms with Crippen molar-refractivity contribution in [3.8, 4) is 11.5 Å². The highest BCUT2D eigenvalue weighted by atomic mass is 16.5. The highest BCUT2D eigenvalue weighted by Crippen LogP contribution is 2.36. The molecule has 0 saturated carbocycles. The predicted octanol–water partition coefficient (Wildman–Crippen LogP) is 1.69. The average Bonchev–Trinajstić information content (AvgIpc) is 2.92. The van der Waals surface area contributed by atoms with Crippen molar-refractivity contribution in [3.05, 3.63) is 29.5 Å². The van der Waals surface area contributed by atoms with Gasteiger partial charge in [0.05, 0.1) is 19.8 Å². The standard InChI is InChI=1S/C21H29N3O4/c1-14(2)13-24-20(25)18(15-6-7-16(27-4)17(12-15)28-5)19(21(24)26)23-10-8-22(3)9-11-23/h6-7,12,14H,8-11,13H2,1-5H3. The summed E-state index contributed by atoms with van der Waals surface area (Å²) in [4.78, 5) is 32.1. The topological polar surface area (TPSA) is 62.3 Å². The molecule has 1 fully saturated rings. The van der Waals surface area contributed by atoms with Gasteiger partial charge >= 0.3 is 0 Å². The number of piperazine rings is 1. The number of imide groups is 1. The summed E-state index contributed by atoms with van der Waals surface area (Å²) in [5.41, 5.74) is 1.64. The maximum absolute atomic E-state index is 13.3. The first-order chi connectivity index (χ1) is 13.4. The molecule has 1 saturated heterocycles. The van der Waals surface area contributed by atoms with E-state index >= 15 is 0 Å². The molecule has 152 valence electrons. The number of rotatable bonds is 6. The summed E-state index contributed by atoms with van der Waals surface area (Å²) in [6, 6.07) is 5.36. The van der Waals surface area contributed by atoms with Crippen LogP contribution in [0, 0.1) is 5.92 Å². The molecule has 7 heteroatoms. The number of methoxy groups -OCH3 is 2. The zero-order valence-corrected chi connectivity index (χ0v) is 17.3. The highest BCUT2D eigenvalue weighted by molar-refractivity contribution is 6.35. The van der Waals surface area contributed by atoms with Crippen molar-refractivity contribution in [1.82, 2.24) is 14.7 Å². The van der Waals surface area contributed by atoms with Crippen LogP contribution in [0.1, 0.15) is 19.4 Å². The molecule has 0 unspecified atom stereocenters. The van der Waals surface area contributed by atoms with Gasteiger partial charge in [-0.15, -0.1) is 0 Å². The van der Waals surface area contributed by atoms with Crippen molar-refractivity contribution in [2.75, 3.05) is 54.0 Å². The Kier molecular flexibility index (Phi) is 5.93. The molecule has 2 heterocycles. The number of benzene rings is 1. The van der Waals surface area contributed by atoms with E-state index in [1.165, 1.54) is 4.90 Å². The fourth-order valence-electron chi connectivity index (χ4n) is 3.67. The molecule has 0 atom stereocenters. The van der Waals surface area contributed by atoms with Crippen LogP contribution in [-0.2, 0) is 9.59 Å². The first-order valence-electron chi connectivity index (χ1n) is 9.63. The van der Waals surface area contributed by atoms with Gasteiger partial charge in [-0.1, -0.05) is 19.9 Å². The highest BCUT2D eigenvalue weighted by Gasteiger charge is 2.42. The second-order valence-corrected chi connectivity index (χ2v) is 7.70. The van der Waals surface area contributed by atoms with Crippen LogP contribution in [-0.4, -0.2) is 80.5 Å². The van der Waals surface area contributed by atoms with Crippen LogP contribution < -0.4 is 9.47 Å². The minimum Gasteiger partial charge on any atom is -0.493 e. The molecule has 0 aliphatic carbocycles. The maximum atomic E-state index is 13.3. The van der Waals surface area contributed by atoms with Gasteiger partial charge < -0.3 is 19.3 Å². The first kappa shape index (κ1) is 20.2. The van der Waals surface area contributed by atoms with Crippen molar-refractivity contribution in [2.24, 2.45) is 5.92 Å². The van der Waals surface area contributed by atoms with Gasteiger partial charge in [0, 0.05) is 32.7 Å². The van der Waals surface area contributed by atoms with Crippen LogP contribution in [0.15, 0.2) is 23.9 Å². The number of likely N-dealkylation sites (N-methyl/N-ethyl adjacent to an activating group) is 1. The Bertz CT molecular complexity index is 795. The number of carbonyl (C=O) groups excluding carboxylic acids is 2. The van der Waals surface area contributed by atoms with Crippen LogP contribution in [0.25, 0.3) is 5.57 Å². The van der Waals surface area contributed by atoms with Crippen molar-refractivity contribution < 1.29 is 19.1 Å². The van der Waals surface area contributed by atoms with Gasteiger partial charge in [-0.3, -0.25) is 14.5 Å². The molecule has 2 aliphatic rings. The molecule has 2 amide bonds. The lowest BCUT2D eigenvalue weighted by Gasteiger charge is -2.34. The van der Waals surface area contributed by atoms with Gasteiger partial charge in [0.25, 0.3) is 11.8 Å². The third kappa shape index (κ3) is 3.71. The minimum atomic E-state index is -0.236. The quantitative estimate of drug-likeness (QED) is 0.693. The van der Waals surface area contributed by atoms with Gasteiger partial charge in [-0.05, 0) is 30.7 Å². The Morgan fingerprint density at radius 1 is 0.964 bits per heavy atom. The monoisotopic (exact) mass is 387 g/mol. The van der Waals surface area contributed by atoms with E-state index < -0.39 is 0 Å². The predicted molar refractivity (Wildman–Crippen MR) is 107 cm³/mol. The molecule has 2 aliphatic heterocycles. The normalized spacial score (nSPS) is 18.5. The smallest absolute Gasteiger partial charge is 0.277 e. The van der Waals surface area contributed by atoms with Crippen molar-refractivity contribution in [1.29, 1.82) is 0 Å². The van der Waals surface area contributed by atoms with E-state index in [9.17, 15) is 9.59 Å². The molecule has 0 radical (unpaired) electrons. The summed E-state index contributed by atoms with van der Waals surface area (Å²) < 4.78 is 10.7. The number of carbonyl (C=O) groups is 2. The van der Waals surface area contributed by atoms with E-state index in [0.29, 0.717) is 34.9 Å². The van der Waals surface area contributed by atoms with Gasteiger partial charge in [0.2, 0.25) is 0 Å². The number of hydrogen-bond donors (Lipinski definition) is 0. The van der Waals surface area contributed by atoms with Gasteiger partial charge in [-0.25, -0.2) is 0 Å². The van der Waals surface area contributed by atoms with E-state index in [-0.39, 0.29) is 17.7 Å². The molecule has 0 bridgehead atoms. The Labute approximate surface area is 166 Å². The van der Waals surface area contributed by atoms with Gasteiger partial charge in [0.15, 0.2) is 11.5 Å². The van der Waals surface area contributed by atoms with E-state index in [1.807, 2.05) is 24.8 Å². The van der Waals surface area contributed by atoms with Crippen molar-refractivity contribution >= 4 is 17.4 Å². The molecule has 28 heavy (non-hydrogen) atoms. The number of hydrogen-bond acceptors (Lipinski definition) is 6. The molecule has 7 nitrogen and oxygen atoms in total. The fourth-order valence-corrected chi connectivity index (χ4v) is 3.67. The van der Waals surface area contributed by atoms with Crippen LogP contribution in [0.5, 0.6) is 11.5 Å². The van der Waals surface area contributed by atoms with Crippen LogP contribution >= 0.6 is 0 Å². The van der Waals surface area contributed by atoms with E-state index in [0.717, 1.165) is 26.2 Å². The molecule has 1 aromatic carbocycles. The Hall–Kier alpha value is -2.54. The molecule has 0 N–H and O–H groups in total. The Morgan fingerprint density at radius 2 is 1.61 bits per heavy atom. The van der Waals surface area contributed by atoms with Gasteiger partial charge in [-0.2, -0.15) is 0 Å². The molecule has 3 rings (SSSR count). The lowest BCUT2D eigenvalue weighted by Crippen LogP contribution is -2.46. The summed E-state index contributed by atoms with van der Waals surface area (Å²) in [6.45, 7) is 7.57. The molecular weight excluding hydrogens is 358 g/mol. The number of amides is 2. The van der Waals surface area contributed by atoms with Crippen LogP contribution in [0.2, 0.25) is 0 Å². The summed E-state index contributed by atoms with van der Waals surface area (Å²) in [5, 5.41) is 0. The first-order valence-corrected chi connectivity index (χ1v) is 9.63. The molecular formula is C21H29N3O4. The Balaban J connectivity index is 2.08. The molecule has 0 aromatic heterocycles. The van der Waals surface area contributed by atoms with E-state index in [2.05, 4.69) is 11.9 Å².